The molecule has 0 spiro atoms. The maximum absolute atomic E-state index is 12.8. The van der Waals surface area contributed by atoms with Crippen molar-refractivity contribution >= 4 is 5.91 Å². The van der Waals surface area contributed by atoms with Gasteiger partial charge in [0.25, 0.3) is 5.91 Å². The van der Waals surface area contributed by atoms with Crippen LogP contribution >= 0.6 is 0 Å². The number of ether oxygens (including phenoxy) is 2. The van der Waals surface area contributed by atoms with Gasteiger partial charge in [-0.25, -0.2) is 0 Å². The molecule has 0 bridgehead atoms. The topological polar surface area (TPSA) is 59.0 Å². The summed E-state index contributed by atoms with van der Waals surface area (Å²) in [6, 6.07) is 16.5. The summed E-state index contributed by atoms with van der Waals surface area (Å²) < 4.78 is 11.1. The van der Waals surface area contributed by atoms with Gasteiger partial charge < -0.3 is 19.5 Å². The summed E-state index contributed by atoms with van der Waals surface area (Å²) in [6.45, 7) is 1.39. The van der Waals surface area contributed by atoms with E-state index >= 15 is 0 Å². The molecule has 2 aromatic carbocycles. The fourth-order valence-electron chi connectivity index (χ4n) is 2.50. The zero-order valence-corrected chi connectivity index (χ0v) is 12.7. The van der Waals surface area contributed by atoms with Crippen molar-refractivity contribution < 1.29 is 19.4 Å². The third kappa shape index (κ3) is 3.88. The van der Waals surface area contributed by atoms with Crippen LogP contribution in [0.2, 0.25) is 0 Å². The van der Waals surface area contributed by atoms with Gasteiger partial charge in [0.15, 0.2) is 0 Å². The van der Waals surface area contributed by atoms with Crippen LogP contribution in [-0.2, 0) is 4.74 Å². The highest BCUT2D eigenvalue weighted by molar-refractivity contribution is 5.97. The Bertz CT molecular complexity index is 659. The van der Waals surface area contributed by atoms with Crippen LogP contribution in [0.1, 0.15) is 10.4 Å². The quantitative estimate of drug-likeness (QED) is 0.945. The monoisotopic (exact) mass is 313 g/mol. The van der Waals surface area contributed by atoms with Crippen molar-refractivity contribution in [2.45, 2.75) is 6.10 Å². The first-order valence-electron chi connectivity index (χ1n) is 7.61. The van der Waals surface area contributed by atoms with E-state index in [1.165, 1.54) is 0 Å². The maximum atomic E-state index is 12.8. The predicted molar refractivity (Wildman–Crippen MR) is 85.7 cm³/mol. The van der Waals surface area contributed by atoms with Crippen LogP contribution in [0.3, 0.4) is 0 Å². The Hall–Kier alpha value is -2.37. The third-order valence-corrected chi connectivity index (χ3v) is 3.62. The van der Waals surface area contributed by atoms with Gasteiger partial charge in [-0.2, -0.15) is 0 Å². The van der Waals surface area contributed by atoms with Crippen molar-refractivity contribution in [3.05, 3.63) is 60.2 Å². The van der Waals surface area contributed by atoms with E-state index in [9.17, 15) is 9.90 Å². The van der Waals surface area contributed by atoms with Gasteiger partial charge in [-0.1, -0.05) is 30.3 Å². The van der Waals surface area contributed by atoms with E-state index in [1.807, 2.05) is 36.4 Å². The van der Waals surface area contributed by atoms with Crippen LogP contribution < -0.4 is 4.74 Å². The second kappa shape index (κ2) is 7.26. The summed E-state index contributed by atoms with van der Waals surface area (Å²) in [5.41, 5.74) is 0.477. The fourth-order valence-corrected chi connectivity index (χ4v) is 2.50. The Kier molecular flexibility index (Phi) is 4.90. The number of rotatable bonds is 3. The Labute approximate surface area is 135 Å². The lowest BCUT2D eigenvalue weighted by Gasteiger charge is -2.22. The number of carbonyl (C=O) groups is 1. The Morgan fingerprint density at radius 3 is 2.70 bits per heavy atom. The number of para-hydroxylation sites is 2. The first-order chi connectivity index (χ1) is 11.2. The van der Waals surface area contributed by atoms with E-state index in [0.717, 1.165) is 0 Å². The van der Waals surface area contributed by atoms with Gasteiger partial charge in [0.2, 0.25) is 0 Å². The molecular formula is C18H19NO4. The molecule has 0 radical (unpaired) electrons. The minimum absolute atomic E-state index is 0.166. The van der Waals surface area contributed by atoms with Crippen molar-refractivity contribution in [2.24, 2.45) is 0 Å². The molecule has 1 saturated heterocycles. The predicted octanol–water partition coefficient (Wildman–Crippen LogP) is 2.31. The molecule has 120 valence electrons. The number of nitrogens with zero attached hydrogens (tertiary/aromatic N) is 1. The lowest BCUT2D eigenvalue weighted by Crippen LogP contribution is -2.37. The van der Waals surface area contributed by atoms with Gasteiger partial charge in [-0.15, -0.1) is 0 Å². The SMILES string of the molecule is O=C(c1ccccc1Oc1ccccc1)N1CCOC[C@H](O)C1. The average Bonchev–Trinajstić information content (AvgIpc) is 2.80. The van der Waals surface area contributed by atoms with E-state index in [4.69, 9.17) is 9.47 Å². The molecule has 2 aromatic rings. The first-order valence-corrected chi connectivity index (χ1v) is 7.61. The molecule has 1 atom stereocenters. The zero-order chi connectivity index (χ0) is 16.1. The molecule has 1 aliphatic heterocycles. The molecule has 0 unspecified atom stereocenters. The summed E-state index contributed by atoms with van der Waals surface area (Å²) in [5, 5.41) is 9.81. The number of aliphatic hydroxyl groups is 1. The van der Waals surface area contributed by atoms with Crippen LogP contribution in [0.4, 0.5) is 0 Å². The van der Waals surface area contributed by atoms with Crippen LogP contribution in [0.25, 0.3) is 0 Å². The van der Waals surface area contributed by atoms with Crippen LogP contribution in [-0.4, -0.2) is 48.3 Å². The lowest BCUT2D eigenvalue weighted by molar-refractivity contribution is 0.0533. The second-order valence-electron chi connectivity index (χ2n) is 5.39. The molecule has 1 aliphatic rings. The molecule has 1 heterocycles. The minimum Gasteiger partial charge on any atom is -0.457 e. The number of β-amino-alcohol motifs (C(OH)–C–C–N with tert-alkyl or cyclic N) is 1. The molecule has 23 heavy (non-hydrogen) atoms. The van der Waals surface area contributed by atoms with Crippen LogP contribution in [0, 0.1) is 0 Å². The molecule has 1 amide bonds. The Morgan fingerprint density at radius 1 is 1.13 bits per heavy atom. The standard InChI is InChI=1S/C18H19NO4/c20-14-12-19(10-11-22-13-14)18(21)16-8-4-5-9-17(16)23-15-6-2-1-3-7-15/h1-9,14,20H,10-13H2/t14-/m1/s1. The molecule has 3 rings (SSSR count). The second-order valence-corrected chi connectivity index (χ2v) is 5.39. The average molecular weight is 313 g/mol. The largest absolute Gasteiger partial charge is 0.457 e. The number of hydrogen-bond donors (Lipinski definition) is 1. The van der Waals surface area contributed by atoms with Gasteiger partial charge in [0.1, 0.15) is 11.5 Å². The molecule has 1 fully saturated rings. The summed E-state index contributed by atoms with van der Waals surface area (Å²) in [6.07, 6.45) is -0.663. The minimum atomic E-state index is -0.663. The van der Waals surface area contributed by atoms with Crippen LogP contribution in [0.5, 0.6) is 11.5 Å². The summed E-state index contributed by atoms with van der Waals surface area (Å²) in [4.78, 5) is 14.4. The summed E-state index contributed by atoms with van der Waals surface area (Å²) >= 11 is 0. The number of amides is 1. The van der Waals surface area contributed by atoms with Crippen LogP contribution in [0.15, 0.2) is 54.6 Å². The highest BCUT2D eigenvalue weighted by atomic mass is 16.5. The molecule has 5 heteroatoms. The fraction of sp³-hybridized carbons (Fsp3) is 0.278. The molecule has 0 aliphatic carbocycles. The van der Waals surface area contributed by atoms with Crippen molar-refractivity contribution in [3.63, 3.8) is 0 Å². The van der Waals surface area contributed by atoms with Gasteiger partial charge in [-0.3, -0.25) is 4.79 Å². The Morgan fingerprint density at radius 2 is 1.87 bits per heavy atom. The third-order valence-electron chi connectivity index (χ3n) is 3.62. The Balaban J connectivity index is 1.83. The summed E-state index contributed by atoms with van der Waals surface area (Å²) in [7, 11) is 0. The first kappa shape index (κ1) is 15.5. The van der Waals surface area contributed by atoms with Crippen molar-refractivity contribution in [1.29, 1.82) is 0 Å². The highest BCUT2D eigenvalue weighted by Crippen LogP contribution is 2.26. The number of aliphatic hydroxyl groups excluding tert-OH is 1. The van der Waals surface area contributed by atoms with E-state index in [0.29, 0.717) is 30.2 Å². The maximum Gasteiger partial charge on any atom is 0.257 e. The normalized spacial score (nSPS) is 18.3. The highest BCUT2D eigenvalue weighted by Gasteiger charge is 2.24. The molecular weight excluding hydrogens is 294 g/mol. The lowest BCUT2D eigenvalue weighted by atomic mass is 10.1. The van der Waals surface area contributed by atoms with Crippen molar-refractivity contribution in [1.82, 2.24) is 4.90 Å². The van der Waals surface area contributed by atoms with Crippen molar-refractivity contribution in [2.75, 3.05) is 26.3 Å². The van der Waals surface area contributed by atoms with E-state index in [2.05, 4.69) is 0 Å². The summed E-state index contributed by atoms with van der Waals surface area (Å²) in [5.74, 6) is 1.01. The molecule has 0 saturated carbocycles. The molecule has 5 nitrogen and oxygen atoms in total. The van der Waals surface area contributed by atoms with Gasteiger partial charge in [-0.05, 0) is 24.3 Å². The van der Waals surface area contributed by atoms with E-state index < -0.39 is 6.10 Å². The van der Waals surface area contributed by atoms with Gasteiger partial charge in [0.05, 0.1) is 24.9 Å². The van der Waals surface area contributed by atoms with E-state index in [1.54, 1.807) is 23.1 Å². The van der Waals surface area contributed by atoms with Crippen molar-refractivity contribution in [3.8, 4) is 11.5 Å². The number of benzene rings is 2. The number of hydrogen-bond acceptors (Lipinski definition) is 4. The van der Waals surface area contributed by atoms with E-state index in [-0.39, 0.29) is 19.1 Å². The smallest absolute Gasteiger partial charge is 0.257 e. The molecule has 1 N–H and O–H groups in total. The van der Waals surface area contributed by atoms with Gasteiger partial charge in [0, 0.05) is 13.1 Å². The number of carbonyl (C=O) groups excluding carboxylic acids is 1. The zero-order valence-electron chi connectivity index (χ0n) is 12.7. The van der Waals surface area contributed by atoms with Gasteiger partial charge >= 0.3 is 0 Å². The molecule has 0 aromatic heterocycles.